The molecule has 0 amide bonds. The summed E-state index contributed by atoms with van der Waals surface area (Å²) in [6.07, 6.45) is 43.8. The van der Waals surface area contributed by atoms with Gasteiger partial charge in [-0.15, -0.1) is 0 Å². The standard InChI is InChI=1S/C66H101FO12/c1-7-9-11-13-15-17-19-21-23-25-27-29-31-33-35-37-59(71)76-48-54(79-62(74)38-36-34-32-30-28-26-24-22-20-18-16-14-12-10-8-2)49-77-60(72)41-42-61(73)78-50-58(70)66(75-6)51(3)45-56-55-40-39-52-46-53(68)43-44-63(52,4)65(55,67)57(69)47-64(56,66)5/h15-18,21-24,43-44,46,51,54-57,69H,7-14,19-20,25-42,45,47-50H2,1-6H3/b17-15-,18-16-,23-21-,24-22-/t51-,54-,55+,56?,57+,63+,64+,65+,66+/m1/s1. The molecule has 1 N–H and O–H groups in total. The van der Waals surface area contributed by atoms with Gasteiger partial charge in [-0.2, -0.15) is 0 Å². The third kappa shape index (κ3) is 19.6. The summed E-state index contributed by atoms with van der Waals surface area (Å²) in [6, 6.07) is 0. The number of carbonyl (C=O) groups excluding carboxylic acids is 6. The second-order valence-electron chi connectivity index (χ2n) is 23.4. The van der Waals surface area contributed by atoms with Gasteiger partial charge < -0.3 is 28.8 Å². The quantitative estimate of drug-likeness (QED) is 0.0267. The molecule has 4 aliphatic carbocycles. The second kappa shape index (κ2) is 35.4. The summed E-state index contributed by atoms with van der Waals surface area (Å²) in [7, 11) is 1.42. The van der Waals surface area contributed by atoms with Gasteiger partial charge in [-0.3, -0.25) is 28.8 Å². The molecule has 9 atom stereocenters. The molecular weight excluding hydrogens is 1000 g/mol. The molecule has 12 nitrogen and oxygen atoms in total. The van der Waals surface area contributed by atoms with Crippen molar-refractivity contribution in [2.24, 2.45) is 28.6 Å². The fourth-order valence-corrected chi connectivity index (χ4v) is 13.2. The summed E-state index contributed by atoms with van der Waals surface area (Å²) in [6.45, 7) is 8.57. The van der Waals surface area contributed by atoms with Crippen LogP contribution in [0.3, 0.4) is 0 Å². The molecule has 0 heterocycles. The fraction of sp³-hybridized carbons (Fsp3) is 0.727. The minimum absolute atomic E-state index is 0.0820. The molecule has 0 bridgehead atoms. The molecule has 13 heteroatoms. The Kier molecular flexibility index (Phi) is 30.0. The number of aliphatic hydroxyl groups is 1. The monoisotopic (exact) mass is 1100 g/mol. The van der Waals surface area contributed by atoms with E-state index in [1.807, 2.05) is 13.8 Å². The summed E-state index contributed by atoms with van der Waals surface area (Å²) >= 11 is 0. The Morgan fingerprint density at radius 1 is 0.658 bits per heavy atom. The number of ether oxygens (including phenoxy) is 5. The Morgan fingerprint density at radius 3 is 1.67 bits per heavy atom. The van der Waals surface area contributed by atoms with Crippen molar-refractivity contribution in [1.29, 1.82) is 0 Å². The maximum absolute atomic E-state index is 17.7. The first-order chi connectivity index (χ1) is 38.0. The average molecular weight is 1110 g/mol. The molecule has 79 heavy (non-hydrogen) atoms. The van der Waals surface area contributed by atoms with Crippen LogP contribution in [-0.4, -0.2) is 91.0 Å². The van der Waals surface area contributed by atoms with E-state index in [4.69, 9.17) is 23.7 Å². The van der Waals surface area contributed by atoms with E-state index in [1.54, 1.807) is 13.0 Å². The van der Waals surface area contributed by atoms with Gasteiger partial charge in [0.05, 0.1) is 18.9 Å². The fourth-order valence-electron chi connectivity index (χ4n) is 13.2. The summed E-state index contributed by atoms with van der Waals surface area (Å²) in [4.78, 5) is 78.5. The maximum atomic E-state index is 17.7. The number of methoxy groups -OCH3 is 1. The minimum Gasteiger partial charge on any atom is -0.462 e. The van der Waals surface area contributed by atoms with Crippen LogP contribution in [0, 0.1) is 28.6 Å². The first kappa shape index (κ1) is 67.0. The van der Waals surface area contributed by atoms with Crippen molar-refractivity contribution in [2.45, 2.75) is 251 Å². The average Bonchev–Trinajstić information content (AvgIpc) is 3.75. The molecule has 0 spiro atoms. The van der Waals surface area contributed by atoms with Crippen LogP contribution in [0.4, 0.5) is 4.39 Å². The largest absolute Gasteiger partial charge is 0.462 e. The van der Waals surface area contributed by atoms with Crippen LogP contribution in [-0.2, 0) is 52.5 Å². The second-order valence-corrected chi connectivity index (χ2v) is 23.4. The number of hydrogen-bond acceptors (Lipinski definition) is 12. The van der Waals surface area contributed by atoms with Crippen LogP contribution in [0.1, 0.15) is 227 Å². The third-order valence-electron chi connectivity index (χ3n) is 17.6. The van der Waals surface area contributed by atoms with Crippen molar-refractivity contribution in [3.05, 3.63) is 72.4 Å². The van der Waals surface area contributed by atoms with Crippen LogP contribution in [0.15, 0.2) is 72.4 Å². The number of ketones is 2. The number of alkyl halides is 1. The smallest absolute Gasteiger partial charge is 0.306 e. The molecule has 0 aliphatic heterocycles. The molecular formula is C66H101FO12. The zero-order valence-electron chi connectivity index (χ0n) is 49.4. The number of esters is 4. The lowest BCUT2D eigenvalue weighted by Gasteiger charge is -2.63. The number of rotatable bonds is 40. The number of halogens is 1. The van der Waals surface area contributed by atoms with Gasteiger partial charge in [0.25, 0.3) is 0 Å². The Labute approximate surface area is 474 Å². The number of unbranched alkanes of at least 4 members (excludes halogenated alkanes) is 16. The third-order valence-corrected chi connectivity index (χ3v) is 17.6. The van der Waals surface area contributed by atoms with Crippen molar-refractivity contribution < 1.29 is 61.9 Å². The lowest BCUT2D eigenvalue weighted by Crippen LogP contribution is -2.69. The zero-order chi connectivity index (χ0) is 57.6. The number of fused-ring (bicyclic) bond motifs is 5. The highest BCUT2D eigenvalue weighted by molar-refractivity contribution is 6.01. The van der Waals surface area contributed by atoms with Gasteiger partial charge in [-0.1, -0.05) is 152 Å². The van der Waals surface area contributed by atoms with Gasteiger partial charge in [0.1, 0.15) is 18.8 Å². The Bertz CT molecular complexity index is 2110. The van der Waals surface area contributed by atoms with Gasteiger partial charge in [0, 0.05) is 36.7 Å². The van der Waals surface area contributed by atoms with Crippen LogP contribution in [0.25, 0.3) is 0 Å². The normalized spacial score (nSPS) is 26.8. The van der Waals surface area contributed by atoms with Crippen LogP contribution >= 0.6 is 0 Å². The van der Waals surface area contributed by atoms with Crippen LogP contribution in [0.2, 0.25) is 0 Å². The van der Waals surface area contributed by atoms with Crippen molar-refractivity contribution >= 4 is 35.4 Å². The van der Waals surface area contributed by atoms with Crippen LogP contribution in [0.5, 0.6) is 0 Å². The molecule has 444 valence electrons. The van der Waals surface area contributed by atoms with Gasteiger partial charge in [0.2, 0.25) is 5.78 Å². The van der Waals surface area contributed by atoms with E-state index < -0.39 is 88.8 Å². The number of carbonyl (C=O) groups is 6. The molecule has 4 aliphatic rings. The minimum atomic E-state index is -2.08. The molecule has 3 fully saturated rings. The van der Waals surface area contributed by atoms with Crippen LogP contribution < -0.4 is 0 Å². The molecule has 0 aromatic rings. The van der Waals surface area contributed by atoms with Gasteiger partial charge >= 0.3 is 23.9 Å². The van der Waals surface area contributed by atoms with E-state index in [9.17, 15) is 33.9 Å². The van der Waals surface area contributed by atoms with Crippen molar-refractivity contribution in [3.63, 3.8) is 0 Å². The Morgan fingerprint density at radius 2 is 1.14 bits per heavy atom. The number of allylic oxidation sites excluding steroid dienone is 12. The SMILES string of the molecule is CCCCC/C=C\C/C=C\CCCCCCCC(=O)OC[C@H](COC(=O)CCC(=O)OCC(=O)[C@@]1(OC)[C@H](C)CC2[C@@H]3CCC4=CC(=O)C=C[C@]4(C)[C@@]3(F)[C@@H](O)C[C@@]21C)OC(=O)CCCCCCC/C=C\C/C=C\CCCCC. The molecule has 4 rings (SSSR count). The topological polar surface area (TPSA) is 169 Å². The first-order valence-corrected chi connectivity index (χ1v) is 30.7. The molecule has 0 saturated heterocycles. The number of aliphatic hydroxyl groups excluding tert-OH is 1. The van der Waals surface area contributed by atoms with Crippen molar-refractivity contribution in [1.82, 2.24) is 0 Å². The zero-order valence-corrected chi connectivity index (χ0v) is 49.4. The lowest BCUT2D eigenvalue weighted by molar-refractivity contribution is -0.224. The summed E-state index contributed by atoms with van der Waals surface area (Å²) < 4.78 is 46.0. The predicted octanol–water partition coefficient (Wildman–Crippen LogP) is 14.5. The number of hydrogen-bond donors (Lipinski definition) is 1. The van der Waals surface area contributed by atoms with Gasteiger partial charge in [-0.25, -0.2) is 4.39 Å². The highest BCUT2D eigenvalue weighted by Gasteiger charge is 2.76. The lowest BCUT2D eigenvalue weighted by atomic mass is 9.44. The summed E-state index contributed by atoms with van der Waals surface area (Å²) in [5, 5.41) is 11.8. The van der Waals surface area contributed by atoms with E-state index >= 15 is 4.39 Å². The summed E-state index contributed by atoms with van der Waals surface area (Å²) in [5.74, 6) is -4.63. The molecule has 1 unspecified atom stereocenters. The van der Waals surface area contributed by atoms with Crippen molar-refractivity contribution in [3.8, 4) is 0 Å². The van der Waals surface area contributed by atoms with Crippen molar-refractivity contribution in [2.75, 3.05) is 26.9 Å². The van der Waals surface area contributed by atoms with E-state index in [2.05, 4.69) is 62.5 Å². The van der Waals surface area contributed by atoms with Gasteiger partial charge in [0.15, 0.2) is 24.2 Å². The molecule has 3 saturated carbocycles. The van der Waals surface area contributed by atoms with Gasteiger partial charge in [-0.05, 0) is 134 Å². The first-order valence-electron chi connectivity index (χ1n) is 30.7. The molecule has 0 aromatic carbocycles. The Balaban J connectivity index is 1.21. The predicted molar refractivity (Wildman–Crippen MR) is 308 cm³/mol. The molecule has 0 aromatic heterocycles. The van der Waals surface area contributed by atoms with E-state index in [-0.39, 0.29) is 50.6 Å². The Hall–Kier alpha value is -4.49. The number of Topliss-reactive ketones (excluding diaryl/α,β-unsaturated/α-hetero) is 1. The maximum Gasteiger partial charge on any atom is 0.306 e. The van der Waals surface area contributed by atoms with E-state index in [0.717, 1.165) is 89.9 Å². The highest BCUT2D eigenvalue weighted by atomic mass is 19.1. The molecule has 0 radical (unpaired) electrons. The highest BCUT2D eigenvalue weighted by Crippen LogP contribution is 2.71. The van der Waals surface area contributed by atoms with E-state index in [0.29, 0.717) is 37.7 Å². The van der Waals surface area contributed by atoms with E-state index in [1.165, 1.54) is 57.8 Å². The summed E-state index contributed by atoms with van der Waals surface area (Å²) in [5.41, 5.74) is -5.12.